The van der Waals surface area contributed by atoms with E-state index in [1.165, 1.54) is 148 Å². The summed E-state index contributed by atoms with van der Waals surface area (Å²) in [6, 6.07) is 0. The van der Waals surface area contributed by atoms with E-state index < -0.39 is 0 Å². The van der Waals surface area contributed by atoms with Crippen molar-refractivity contribution in [3.8, 4) is 0 Å². The van der Waals surface area contributed by atoms with Gasteiger partial charge in [0, 0.05) is 25.5 Å². The third-order valence-corrected chi connectivity index (χ3v) is 7.07. The maximum Gasteiger partial charge on any atom is 0.101 e. The molecule has 0 spiro atoms. The van der Waals surface area contributed by atoms with Gasteiger partial charge in [-0.05, 0) is 25.7 Å². The molecule has 0 saturated heterocycles. The van der Waals surface area contributed by atoms with Gasteiger partial charge in [-0.15, -0.1) is 0 Å². The van der Waals surface area contributed by atoms with Crippen LogP contribution in [0.5, 0.6) is 0 Å². The fraction of sp³-hybridized carbons (Fsp3) is 0.931. The highest BCUT2D eigenvalue weighted by molar-refractivity contribution is 4.97. The minimum absolute atomic E-state index is 0.644. The SMILES string of the molecule is CCCCCCCCCCN1C=CN(CCCCCCCCCC)C1CCCCCC. The first-order valence-corrected chi connectivity index (χ1v) is 14.5. The van der Waals surface area contributed by atoms with Gasteiger partial charge in [-0.2, -0.15) is 0 Å². The Labute approximate surface area is 197 Å². The van der Waals surface area contributed by atoms with Crippen molar-refractivity contribution in [3.63, 3.8) is 0 Å². The minimum atomic E-state index is 0.644. The summed E-state index contributed by atoms with van der Waals surface area (Å²) in [5.41, 5.74) is 0. The Morgan fingerprint density at radius 3 is 1.13 bits per heavy atom. The van der Waals surface area contributed by atoms with Crippen LogP contribution in [0.4, 0.5) is 0 Å². The van der Waals surface area contributed by atoms with E-state index in [0.717, 1.165) is 0 Å². The highest BCUT2D eigenvalue weighted by Crippen LogP contribution is 2.23. The van der Waals surface area contributed by atoms with Gasteiger partial charge < -0.3 is 9.80 Å². The van der Waals surface area contributed by atoms with Crippen LogP contribution in [0.2, 0.25) is 0 Å². The first kappa shape index (κ1) is 28.4. The van der Waals surface area contributed by atoms with E-state index in [4.69, 9.17) is 0 Å². The zero-order valence-electron chi connectivity index (χ0n) is 21.9. The fourth-order valence-corrected chi connectivity index (χ4v) is 4.95. The average Bonchev–Trinajstić information content (AvgIpc) is 3.16. The van der Waals surface area contributed by atoms with Gasteiger partial charge in [-0.3, -0.25) is 0 Å². The van der Waals surface area contributed by atoms with E-state index >= 15 is 0 Å². The molecule has 1 aliphatic rings. The molecule has 0 atom stereocenters. The van der Waals surface area contributed by atoms with Crippen LogP contribution >= 0.6 is 0 Å². The van der Waals surface area contributed by atoms with Crippen molar-refractivity contribution in [2.24, 2.45) is 0 Å². The summed E-state index contributed by atoms with van der Waals surface area (Å²) in [6.07, 6.45) is 35.0. The first-order valence-electron chi connectivity index (χ1n) is 14.5. The molecule has 0 N–H and O–H groups in total. The molecule has 2 nitrogen and oxygen atoms in total. The molecule has 0 amide bonds. The number of nitrogens with zero attached hydrogens (tertiary/aromatic N) is 2. The maximum absolute atomic E-state index is 2.67. The lowest BCUT2D eigenvalue weighted by atomic mass is 10.1. The van der Waals surface area contributed by atoms with Crippen molar-refractivity contribution in [2.45, 2.75) is 162 Å². The van der Waals surface area contributed by atoms with Crippen LogP contribution in [0.1, 0.15) is 156 Å². The third-order valence-electron chi connectivity index (χ3n) is 7.07. The van der Waals surface area contributed by atoms with Crippen LogP contribution in [-0.2, 0) is 0 Å². The van der Waals surface area contributed by atoms with Crippen LogP contribution in [-0.4, -0.2) is 29.1 Å². The monoisotopic (exact) mass is 434 g/mol. The molecule has 0 aliphatic carbocycles. The quantitative estimate of drug-likeness (QED) is 0.148. The predicted molar refractivity (Wildman–Crippen MR) is 140 cm³/mol. The van der Waals surface area contributed by atoms with Crippen molar-refractivity contribution in [2.75, 3.05) is 13.1 Å². The molecule has 0 aromatic carbocycles. The van der Waals surface area contributed by atoms with Crippen molar-refractivity contribution in [3.05, 3.63) is 12.4 Å². The van der Waals surface area contributed by atoms with Gasteiger partial charge in [0.1, 0.15) is 6.17 Å². The van der Waals surface area contributed by atoms with Gasteiger partial charge in [0.25, 0.3) is 0 Å². The molecule has 0 aromatic rings. The molecule has 184 valence electrons. The summed E-state index contributed by atoms with van der Waals surface area (Å²) in [6.45, 7) is 9.45. The van der Waals surface area contributed by atoms with Gasteiger partial charge in [0.2, 0.25) is 0 Å². The molecule has 2 heteroatoms. The van der Waals surface area contributed by atoms with E-state index in [1.54, 1.807) is 0 Å². The summed E-state index contributed by atoms with van der Waals surface area (Å²) in [5, 5.41) is 0. The molecule has 0 aromatic heterocycles. The summed E-state index contributed by atoms with van der Waals surface area (Å²) in [5.74, 6) is 0. The Morgan fingerprint density at radius 1 is 0.419 bits per heavy atom. The Bertz CT molecular complexity index is 362. The Hall–Kier alpha value is -0.660. The van der Waals surface area contributed by atoms with E-state index in [0.29, 0.717) is 6.17 Å². The smallest absolute Gasteiger partial charge is 0.101 e. The lowest BCUT2D eigenvalue weighted by Gasteiger charge is -2.33. The average molecular weight is 435 g/mol. The van der Waals surface area contributed by atoms with Crippen LogP contribution in [0, 0.1) is 0 Å². The second kappa shape index (κ2) is 21.2. The van der Waals surface area contributed by atoms with E-state index in [2.05, 4.69) is 43.0 Å². The fourth-order valence-electron chi connectivity index (χ4n) is 4.95. The lowest BCUT2D eigenvalue weighted by Crippen LogP contribution is -2.39. The highest BCUT2D eigenvalue weighted by Gasteiger charge is 2.24. The van der Waals surface area contributed by atoms with Crippen LogP contribution in [0.3, 0.4) is 0 Å². The predicted octanol–water partition coefficient (Wildman–Crippen LogP) is 9.65. The summed E-state index contributed by atoms with van der Waals surface area (Å²) in [7, 11) is 0. The van der Waals surface area contributed by atoms with Gasteiger partial charge in [0.15, 0.2) is 0 Å². The first-order chi connectivity index (χ1) is 15.3. The molecule has 1 heterocycles. The number of rotatable bonds is 23. The topological polar surface area (TPSA) is 6.48 Å². The van der Waals surface area contributed by atoms with Crippen LogP contribution < -0.4 is 0 Å². The molecule has 0 saturated carbocycles. The zero-order valence-corrected chi connectivity index (χ0v) is 21.9. The molecule has 0 unspecified atom stereocenters. The Balaban J connectivity index is 2.23. The second-order valence-electron chi connectivity index (χ2n) is 10.1. The summed E-state index contributed by atoms with van der Waals surface area (Å²) < 4.78 is 0. The van der Waals surface area contributed by atoms with Gasteiger partial charge in [-0.1, -0.05) is 130 Å². The third kappa shape index (κ3) is 14.9. The van der Waals surface area contributed by atoms with Gasteiger partial charge >= 0.3 is 0 Å². The maximum atomic E-state index is 2.67. The molecule has 0 bridgehead atoms. The Kier molecular flexibility index (Phi) is 19.4. The molecular formula is C29H58N2. The molecule has 0 fully saturated rings. The second-order valence-corrected chi connectivity index (χ2v) is 10.1. The van der Waals surface area contributed by atoms with Gasteiger partial charge in [0.05, 0.1) is 0 Å². The normalized spacial score (nSPS) is 14.3. The van der Waals surface area contributed by atoms with E-state index in [1.807, 2.05) is 0 Å². The van der Waals surface area contributed by atoms with Crippen LogP contribution in [0.25, 0.3) is 0 Å². The lowest BCUT2D eigenvalue weighted by molar-refractivity contribution is 0.135. The molecule has 1 rings (SSSR count). The molecule has 0 radical (unpaired) electrons. The highest BCUT2D eigenvalue weighted by atomic mass is 15.4. The van der Waals surface area contributed by atoms with Gasteiger partial charge in [-0.25, -0.2) is 0 Å². The molecule has 1 aliphatic heterocycles. The van der Waals surface area contributed by atoms with E-state index in [9.17, 15) is 0 Å². The number of hydrogen-bond donors (Lipinski definition) is 0. The summed E-state index contributed by atoms with van der Waals surface area (Å²) in [4.78, 5) is 5.35. The van der Waals surface area contributed by atoms with Crippen LogP contribution in [0.15, 0.2) is 12.4 Å². The van der Waals surface area contributed by atoms with Crippen molar-refractivity contribution in [1.82, 2.24) is 9.80 Å². The van der Waals surface area contributed by atoms with Crippen molar-refractivity contribution < 1.29 is 0 Å². The zero-order chi connectivity index (χ0) is 22.4. The Morgan fingerprint density at radius 2 is 0.742 bits per heavy atom. The van der Waals surface area contributed by atoms with Crippen molar-refractivity contribution in [1.29, 1.82) is 0 Å². The molecular weight excluding hydrogens is 376 g/mol. The van der Waals surface area contributed by atoms with E-state index in [-0.39, 0.29) is 0 Å². The molecule has 31 heavy (non-hydrogen) atoms. The standard InChI is InChI=1S/C29H58N2/c1-4-7-10-13-15-17-19-22-25-30-27-28-31(29(30)24-21-12-9-6-3)26-23-20-18-16-14-11-8-5-2/h27-29H,4-26H2,1-3H3. The minimum Gasteiger partial charge on any atom is -0.356 e. The van der Waals surface area contributed by atoms with Crippen molar-refractivity contribution >= 4 is 0 Å². The number of hydrogen-bond acceptors (Lipinski definition) is 2. The number of unbranched alkanes of at least 4 members (excludes halogenated alkanes) is 17. The summed E-state index contributed by atoms with van der Waals surface area (Å²) >= 11 is 0. The largest absolute Gasteiger partial charge is 0.356 e.